The Morgan fingerprint density at radius 3 is 2.88 bits per heavy atom. The number of nitriles is 1. The van der Waals surface area contributed by atoms with Gasteiger partial charge < -0.3 is 4.74 Å². The van der Waals surface area contributed by atoms with E-state index in [0.717, 1.165) is 0 Å². The third kappa shape index (κ3) is 3.16. The van der Waals surface area contributed by atoms with Crippen molar-refractivity contribution < 1.29 is 9.53 Å². The van der Waals surface area contributed by atoms with Gasteiger partial charge in [-0.1, -0.05) is 11.6 Å². The standard InChI is InChI=1S/C11H10ClNO2S/c1-2-15-11(14)4-7-3-8(16)5-10(12)9(7)6-13/h3,5,16H,2,4H2,1H3. The lowest BCUT2D eigenvalue weighted by Gasteiger charge is -2.06. The molecule has 0 aliphatic heterocycles. The summed E-state index contributed by atoms with van der Waals surface area (Å²) in [6.07, 6.45) is 0.0326. The normalized spacial score (nSPS) is 9.62. The molecular weight excluding hydrogens is 246 g/mol. The molecule has 0 saturated heterocycles. The average molecular weight is 256 g/mol. The highest BCUT2D eigenvalue weighted by atomic mass is 35.5. The third-order valence-electron chi connectivity index (χ3n) is 1.91. The molecule has 0 spiro atoms. The van der Waals surface area contributed by atoms with Crippen LogP contribution in [0, 0.1) is 11.3 Å². The lowest BCUT2D eigenvalue weighted by molar-refractivity contribution is -0.142. The summed E-state index contributed by atoms with van der Waals surface area (Å²) in [5, 5.41) is 9.22. The first-order valence-corrected chi connectivity index (χ1v) is 5.48. The van der Waals surface area contributed by atoms with Crippen LogP contribution in [0.4, 0.5) is 0 Å². The monoisotopic (exact) mass is 255 g/mol. The van der Waals surface area contributed by atoms with E-state index < -0.39 is 0 Å². The minimum absolute atomic E-state index is 0.0326. The van der Waals surface area contributed by atoms with Crippen LogP contribution in [0.15, 0.2) is 17.0 Å². The Kier molecular flexibility index (Phi) is 4.66. The molecule has 0 bridgehead atoms. The summed E-state index contributed by atoms with van der Waals surface area (Å²) in [6, 6.07) is 5.18. The second-order valence-corrected chi connectivity index (χ2v) is 3.98. The van der Waals surface area contributed by atoms with Gasteiger partial charge in [-0.2, -0.15) is 5.26 Å². The maximum Gasteiger partial charge on any atom is 0.310 e. The fourth-order valence-corrected chi connectivity index (χ4v) is 1.92. The van der Waals surface area contributed by atoms with E-state index in [1.165, 1.54) is 0 Å². The molecule has 0 aliphatic carbocycles. The van der Waals surface area contributed by atoms with Crippen LogP contribution >= 0.6 is 24.2 Å². The van der Waals surface area contributed by atoms with E-state index in [4.69, 9.17) is 21.6 Å². The van der Waals surface area contributed by atoms with E-state index in [9.17, 15) is 4.79 Å². The highest BCUT2D eigenvalue weighted by Gasteiger charge is 2.12. The predicted octanol–water partition coefficient (Wildman–Crippen LogP) is 2.61. The first-order valence-electron chi connectivity index (χ1n) is 4.65. The Balaban J connectivity index is 3.04. The Labute approximate surface area is 104 Å². The minimum Gasteiger partial charge on any atom is -0.466 e. The van der Waals surface area contributed by atoms with Crippen LogP contribution in [0.3, 0.4) is 0 Å². The Morgan fingerprint density at radius 1 is 1.62 bits per heavy atom. The number of rotatable bonds is 3. The molecule has 0 atom stereocenters. The molecule has 0 radical (unpaired) electrons. The minimum atomic E-state index is -0.381. The lowest BCUT2D eigenvalue weighted by Crippen LogP contribution is -2.09. The van der Waals surface area contributed by atoms with Gasteiger partial charge in [-0.25, -0.2) is 0 Å². The highest BCUT2D eigenvalue weighted by molar-refractivity contribution is 7.80. The summed E-state index contributed by atoms with van der Waals surface area (Å²) in [7, 11) is 0. The van der Waals surface area contributed by atoms with Crippen LogP contribution in [0.25, 0.3) is 0 Å². The van der Waals surface area contributed by atoms with E-state index >= 15 is 0 Å². The number of carbonyl (C=O) groups excluding carboxylic acids is 1. The largest absolute Gasteiger partial charge is 0.466 e. The third-order valence-corrected chi connectivity index (χ3v) is 2.46. The summed E-state index contributed by atoms with van der Waals surface area (Å²) in [5.74, 6) is -0.381. The van der Waals surface area contributed by atoms with Crippen molar-refractivity contribution in [2.75, 3.05) is 6.61 Å². The fourth-order valence-electron chi connectivity index (χ4n) is 1.28. The summed E-state index contributed by atoms with van der Waals surface area (Å²) >= 11 is 10.0. The topological polar surface area (TPSA) is 50.1 Å². The van der Waals surface area contributed by atoms with E-state index in [1.54, 1.807) is 19.1 Å². The number of hydrogen-bond donors (Lipinski definition) is 1. The molecule has 0 aliphatic rings. The van der Waals surface area contributed by atoms with Crippen LogP contribution in [0.2, 0.25) is 5.02 Å². The molecule has 3 nitrogen and oxygen atoms in total. The zero-order chi connectivity index (χ0) is 12.1. The van der Waals surface area contributed by atoms with Crippen molar-refractivity contribution in [2.24, 2.45) is 0 Å². The summed E-state index contributed by atoms with van der Waals surface area (Å²) in [5.41, 5.74) is 0.839. The molecule has 0 fully saturated rings. The average Bonchev–Trinajstić information content (AvgIpc) is 2.17. The maximum atomic E-state index is 11.3. The molecule has 1 aromatic rings. The zero-order valence-corrected chi connectivity index (χ0v) is 10.3. The van der Waals surface area contributed by atoms with Gasteiger partial charge in [0.2, 0.25) is 0 Å². The molecule has 1 rings (SSSR count). The summed E-state index contributed by atoms with van der Waals surface area (Å²) in [4.78, 5) is 11.9. The molecule has 0 unspecified atom stereocenters. The van der Waals surface area contributed by atoms with E-state index in [-0.39, 0.29) is 12.4 Å². The van der Waals surface area contributed by atoms with E-state index in [0.29, 0.717) is 27.7 Å². The Morgan fingerprint density at radius 2 is 2.31 bits per heavy atom. The van der Waals surface area contributed by atoms with Gasteiger partial charge in [0.1, 0.15) is 6.07 Å². The zero-order valence-electron chi connectivity index (χ0n) is 8.66. The smallest absolute Gasteiger partial charge is 0.310 e. The molecule has 84 valence electrons. The molecule has 0 heterocycles. The Hall–Kier alpha value is -1.18. The van der Waals surface area contributed by atoms with Gasteiger partial charge in [-0.3, -0.25) is 4.79 Å². The SMILES string of the molecule is CCOC(=O)Cc1cc(S)cc(Cl)c1C#N. The summed E-state index contributed by atoms with van der Waals surface area (Å²) < 4.78 is 4.81. The molecule has 0 aromatic heterocycles. The maximum absolute atomic E-state index is 11.3. The number of ether oxygens (including phenoxy) is 1. The fraction of sp³-hybridized carbons (Fsp3) is 0.273. The van der Waals surface area contributed by atoms with Crippen LogP contribution in [0.5, 0.6) is 0 Å². The number of benzene rings is 1. The van der Waals surface area contributed by atoms with E-state index in [1.807, 2.05) is 6.07 Å². The van der Waals surface area contributed by atoms with Crippen molar-refractivity contribution in [2.45, 2.75) is 18.2 Å². The van der Waals surface area contributed by atoms with Crippen molar-refractivity contribution in [1.29, 1.82) is 5.26 Å². The van der Waals surface area contributed by atoms with Gasteiger partial charge in [-0.15, -0.1) is 12.6 Å². The number of esters is 1. The van der Waals surface area contributed by atoms with Crippen LogP contribution < -0.4 is 0 Å². The summed E-state index contributed by atoms with van der Waals surface area (Å²) in [6.45, 7) is 2.04. The second-order valence-electron chi connectivity index (χ2n) is 3.06. The molecule has 0 N–H and O–H groups in total. The van der Waals surface area contributed by atoms with Gasteiger partial charge in [0.15, 0.2) is 0 Å². The molecule has 0 saturated carbocycles. The highest BCUT2D eigenvalue weighted by Crippen LogP contribution is 2.24. The van der Waals surface area contributed by atoms with Gasteiger partial charge in [-0.05, 0) is 24.6 Å². The van der Waals surface area contributed by atoms with Gasteiger partial charge in [0, 0.05) is 4.90 Å². The number of thiol groups is 1. The number of halogens is 1. The van der Waals surface area contributed by atoms with E-state index in [2.05, 4.69) is 12.6 Å². The second kappa shape index (κ2) is 5.78. The van der Waals surface area contributed by atoms with Crippen LogP contribution in [-0.2, 0) is 16.0 Å². The molecule has 16 heavy (non-hydrogen) atoms. The van der Waals surface area contributed by atoms with Gasteiger partial charge in [0.05, 0.1) is 23.6 Å². The van der Waals surface area contributed by atoms with Crippen LogP contribution in [0.1, 0.15) is 18.1 Å². The van der Waals surface area contributed by atoms with Gasteiger partial charge in [0.25, 0.3) is 0 Å². The number of hydrogen-bond acceptors (Lipinski definition) is 4. The molecule has 0 amide bonds. The van der Waals surface area contributed by atoms with Gasteiger partial charge >= 0.3 is 5.97 Å². The predicted molar refractivity (Wildman–Crippen MR) is 63.8 cm³/mol. The quantitative estimate of drug-likeness (QED) is 0.667. The number of nitrogens with zero attached hydrogens (tertiary/aromatic N) is 1. The van der Waals surface area contributed by atoms with Crippen molar-refractivity contribution in [3.05, 3.63) is 28.3 Å². The van der Waals surface area contributed by atoms with Crippen molar-refractivity contribution in [3.63, 3.8) is 0 Å². The molecule has 5 heteroatoms. The molecule has 1 aromatic carbocycles. The molecular formula is C11H10ClNO2S. The Bertz CT molecular complexity index is 454. The van der Waals surface area contributed by atoms with Crippen LogP contribution in [-0.4, -0.2) is 12.6 Å². The van der Waals surface area contributed by atoms with Crippen molar-refractivity contribution >= 4 is 30.2 Å². The van der Waals surface area contributed by atoms with Crippen molar-refractivity contribution in [1.82, 2.24) is 0 Å². The lowest BCUT2D eigenvalue weighted by atomic mass is 10.1. The first-order chi connectivity index (χ1) is 7.58. The van der Waals surface area contributed by atoms with Crippen molar-refractivity contribution in [3.8, 4) is 6.07 Å². The first kappa shape index (κ1) is 12.9. The number of carbonyl (C=O) groups is 1.